The van der Waals surface area contributed by atoms with Gasteiger partial charge in [0.1, 0.15) is 0 Å². The van der Waals surface area contributed by atoms with E-state index in [2.05, 4.69) is 4.83 Å². The second kappa shape index (κ2) is 7.67. The van der Waals surface area contributed by atoms with E-state index in [-0.39, 0.29) is 14.1 Å². The Labute approximate surface area is 170 Å². The van der Waals surface area contributed by atoms with Gasteiger partial charge in [-0.1, -0.05) is 71.4 Å². The highest BCUT2D eigenvalue weighted by Gasteiger charge is 2.35. The van der Waals surface area contributed by atoms with Gasteiger partial charge in [0.05, 0.1) is 19.8 Å². The van der Waals surface area contributed by atoms with Gasteiger partial charge in [-0.15, -0.1) is 4.83 Å². The molecule has 26 heavy (non-hydrogen) atoms. The summed E-state index contributed by atoms with van der Waals surface area (Å²) in [6.07, 6.45) is 1.57. The number of carbonyl (C=O) groups is 1. The molecule has 5 nitrogen and oxygen atoms in total. The number of hydrogen-bond donors (Lipinski definition) is 1. The number of rotatable bonds is 4. The van der Waals surface area contributed by atoms with E-state index in [1.165, 1.54) is 12.1 Å². The van der Waals surface area contributed by atoms with Gasteiger partial charge in [-0.05, 0) is 35.9 Å². The number of carbonyl (C=O) groups excluding carboxylic acids is 1. The van der Waals surface area contributed by atoms with Gasteiger partial charge >= 0.3 is 0 Å². The number of thiocarbonyl (C=S) groups is 1. The predicted molar refractivity (Wildman–Crippen MR) is 108 cm³/mol. The van der Waals surface area contributed by atoms with Crippen LogP contribution in [0.1, 0.15) is 5.56 Å². The standard InChI is InChI=1S/C16H10Cl2N2O3S3/c17-12-7-6-10(8-13(12)18)9-14-15(21)20(16(24)25-14)19-26(22,23)11-4-2-1-3-5-11/h1-9,19H/b14-9+. The van der Waals surface area contributed by atoms with Crippen molar-refractivity contribution >= 4 is 73.5 Å². The van der Waals surface area contributed by atoms with Gasteiger partial charge in [0.15, 0.2) is 4.32 Å². The van der Waals surface area contributed by atoms with Gasteiger partial charge in [-0.2, -0.15) is 0 Å². The number of nitrogens with one attached hydrogen (secondary N) is 1. The van der Waals surface area contributed by atoms with Crippen LogP contribution in [-0.2, 0) is 14.8 Å². The van der Waals surface area contributed by atoms with E-state index < -0.39 is 15.9 Å². The zero-order valence-corrected chi connectivity index (χ0v) is 16.8. The summed E-state index contributed by atoms with van der Waals surface area (Å²) in [5.41, 5.74) is 0.644. The van der Waals surface area contributed by atoms with Crippen LogP contribution in [0.15, 0.2) is 58.3 Å². The maximum atomic E-state index is 12.5. The monoisotopic (exact) mass is 444 g/mol. The van der Waals surface area contributed by atoms with Crippen molar-refractivity contribution in [3.8, 4) is 0 Å². The van der Waals surface area contributed by atoms with E-state index >= 15 is 0 Å². The molecule has 2 aromatic rings. The Hall–Kier alpha value is -1.42. The minimum atomic E-state index is -3.93. The molecule has 10 heteroatoms. The fourth-order valence-corrected chi connectivity index (χ4v) is 4.71. The average Bonchev–Trinajstić information content (AvgIpc) is 2.86. The average molecular weight is 445 g/mol. The second-order valence-corrected chi connectivity index (χ2v) is 9.25. The third-order valence-electron chi connectivity index (χ3n) is 3.30. The molecule has 0 aliphatic carbocycles. The number of hydrogen-bond acceptors (Lipinski definition) is 5. The lowest BCUT2D eigenvalue weighted by atomic mass is 10.2. The first-order chi connectivity index (χ1) is 12.3. The first-order valence-electron chi connectivity index (χ1n) is 7.08. The number of hydrazine groups is 1. The van der Waals surface area contributed by atoms with E-state index in [0.717, 1.165) is 16.8 Å². The van der Waals surface area contributed by atoms with Gasteiger partial charge in [0.25, 0.3) is 15.9 Å². The minimum Gasteiger partial charge on any atom is -0.267 e. The lowest BCUT2D eigenvalue weighted by Crippen LogP contribution is -2.44. The fourth-order valence-electron chi connectivity index (χ4n) is 2.07. The first kappa shape index (κ1) is 19.3. The molecule has 0 aromatic heterocycles. The summed E-state index contributed by atoms with van der Waals surface area (Å²) in [4.78, 5) is 15.1. The second-order valence-electron chi connectivity index (χ2n) is 5.10. The van der Waals surface area contributed by atoms with Crippen molar-refractivity contribution < 1.29 is 13.2 Å². The topological polar surface area (TPSA) is 66.5 Å². The van der Waals surface area contributed by atoms with Crippen LogP contribution in [0, 0.1) is 0 Å². The normalized spacial score (nSPS) is 16.5. The molecule has 134 valence electrons. The summed E-state index contributed by atoms with van der Waals surface area (Å²) >= 11 is 18.0. The van der Waals surface area contributed by atoms with Gasteiger partial charge in [0, 0.05) is 0 Å². The zero-order valence-electron chi connectivity index (χ0n) is 12.8. The molecule has 0 unspecified atom stereocenters. The molecule has 2 aromatic carbocycles. The molecule has 1 N–H and O–H groups in total. The Morgan fingerprint density at radius 1 is 1.08 bits per heavy atom. The molecule has 0 bridgehead atoms. The SMILES string of the molecule is O=C1/C(=C\c2ccc(Cl)c(Cl)c2)SC(=S)N1NS(=O)(=O)c1ccccc1. The summed E-state index contributed by atoms with van der Waals surface area (Å²) in [5.74, 6) is -0.564. The van der Waals surface area contributed by atoms with Gasteiger partial charge < -0.3 is 0 Å². The van der Waals surface area contributed by atoms with Gasteiger partial charge in [0.2, 0.25) is 0 Å². The highest BCUT2D eigenvalue weighted by molar-refractivity contribution is 8.26. The van der Waals surface area contributed by atoms with Crippen LogP contribution >= 0.6 is 47.2 Å². The molecule has 1 heterocycles. The van der Waals surface area contributed by atoms with Crippen LogP contribution in [-0.4, -0.2) is 23.7 Å². The van der Waals surface area contributed by atoms with Crippen LogP contribution in [0.4, 0.5) is 0 Å². The molecule has 1 aliphatic heterocycles. The molecule has 1 amide bonds. The Bertz CT molecular complexity index is 1020. The molecular weight excluding hydrogens is 435 g/mol. The van der Waals surface area contributed by atoms with Crippen LogP contribution in [0.25, 0.3) is 6.08 Å². The van der Waals surface area contributed by atoms with Crippen LogP contribution < -0.4 is 4.83 Å². The summed E-state index contributed by atoms with van der Waals surface area (Å²) in [5, 5.41) is 1.58. The fraction of sp³-hybridized carbons (Fsp3) is 0. The summed E-state index contributed by atoms with van der Waals surface area (Å²) in [7, 11) is -3.93. The van der Waals surface area contributed by atoms with Crippen LogP contribution in [0.5, 0.6) is 0 Å². The van der Waals surface area contributed by atoms with E-state index in [1.807, 2.05) is 0 Å². The zero-order chi connectivity index (χ0) is 18.9. The third-order valence-corrected chi connectivity index (χ3v) is 6.66. The van der Waals surface area contributed by atoms with E-state index in [4.69, 9.17) is 35.4 Å². The van der Waals surface area contributed by atoms with Crippen molar-refractivity contribution in [2.24, 2.45) is 0 Å². The molecule has 3 rings (SSSR count). The van der Waals surface area contributed by atoms with Crippen molar-refractivity contribution in [1.29, 1.82) is 0 Å². The molecule has 1 saturated heterocycles. The van der Waals surface area contributed by atoms with Crippen molar-refractivity contribution in [1.82, 2.24) is 9.84 Å². The highest BCUT2D eigenvalue weighted by atomic mass is 35.5. The summed E-state index contributed by atoms with van der Waals surface area (Å²) in [6.45, 7) is 0. The van der Waals surface area contributed by atoms with Gasteiger partial charge in [-0.25, -0.2) is 13.4 Å². The highest BCUT2D eigenvalue weighted by Crippen LogP contribution is 2.33. The summed E-state index contributed by atoms with van der Waals surface area (Å²) < 4.78 is 24.9. The molecule has 0 atom stereocenters. The number of halogens is 2. The lowest BCUT2D eigenvalue weighted by Gasteiger charge is -2.15. The molecular formula is C16H10Cl2N2O3S3. The smallest absolute Gasteiger partial charge is 0.267 e. The molecule has 0 spiro atoms. The predicted octanol–water partition coefficient (Wildman–Crippen LogP) is 4.09. The Balaban J connectivity index is 1.85. The molecule has 0 saturated carbocycles. The van der Waals surface area contributed by atoms with Crippen LogP contribution in [0.3, 0.4) is 0 Å². The minimum absolute atomic E-state index is 0.0301. The summed E-state index contributed by atoms with van der Waals surface area (Å²) in [6, 6.07) is 12.6. The Morgan fingerprint density at radius 2 is 1.77 bits per heavy atom. The number of sulfonamides is 1. The molecule has 1 fully saturated rings. The maximum absolute atomic E-state index is 12.5. The van der Waals surface area contributed by atoms with Crippen molar-refractivity contribution in [3.05, 3.63) is 69.0 Å². The third kappa shape index (κ3) is 4.11. The van der Waals surface area contributed by atoms with Crippen molar-refractivity contribution in [2.75, 3.05) is 0 Å². The quantitative estimate of drug-likeness (QED) is 0.568. The van der Waals surface area contributed by atoms with Crippen molar-refractivity contribution in [3.63, 3.8) is 0 Å². The van der Waals surface area contributed by atoms with E-state index in [1.54, 1.807) is 42.5 Å². The first-order valence-corrected chi connectivity index (χ1v) is 10.5. The molecule has 1 aliphatic rings. The Kier molecular flexibility index (Phi) is 5.71. The maximum Gasteiger partial charge on any atom is 0.281 e. The lowest BCUT2D eigenvalue weighted by molar-refractivity contribution is -0.123. The van der Waals surface area contributed by atoms with Crippen LogP contribution in [0.2, 0.25) is 10.0 Å². The number of amides is 1. The van der Waals surface area contributed by atoms with E-state index in [9.17, 15) is 13.2 Å². The number of nitrogens with zero attached hydrogens (tertiary/aromatic N) is 1. The van der Waals surface area contributed by atoms with Crippen molar-refractivity contribution in [2.45, 2.75) is 4.90 Å². The van der Waals surface area contributed by atoms with Gasteiger partial charge in [-0.3, -0.25) is 4.79 Å². The van der Waals surface area contributed by atoms with E-state index in [0.29, 0.717) is 15.6 Å². The Morgan fingerprint density at radius 3 is 2.42 bits per heavy atom. The number of thioether (sulfide) groups is 1. The number of benzene rings is 2. The molecule has 0 radical (unpaired) electrons. The largest absolute Gasteiger partial charge is 0.281 e.